The maximum Gasteiger partial charge on any atom is 0.319 e. The lowest BCUT2D eigenvalue weighted by Gasteiger charge is -2.34. The van der Waals surface area contributed by atoms with E-state index in [-0.39, 0.29) is 18.0 Å². The molecule has 1 aliphatic carbocycles. The number of nitrogens with one attached hydrogen (secondary N) is 2. The minimum absolute atomic E-state index is 0.00496. The van der Waals surface area contributed by atoms with E-state index < -0.39 is 0 Å². The molecule has 2 N–H and O–H groups in total. The van der Waals surface area contributed by atoms with Gasteiger partial charge in [0.1, 0.15) is 11.5 Å². The van der Waals surface area contributed by atoms with Crippen LogP contribution in [0.5, 0.6) is 11.5 Å². The number of benzene rings is 3. The summed E-state index contributed by atoms with van der Waals surface area (Å²) in [4.78, 5) is 17.3. The molecule has 6 nitrogen and oxygen atoms in total. The zero-order valence-electron chi connectivity index (χ0n) is 20.0. The van der Waals surface area contributed by atoms with Crippen LogP contribution >= 0.6 is 0 Å². The monoisotopic (exact) mass is 467 g/mol. The Morgan fingerprint density at radius 3 is 2.60 bits per heavy atom. The van der Waals surface area contributed by atoms with Gasteiger partial charge in [0, 0.05) is 35.1 Å². The largest absolute Gasteiger partial charge is 0.497 e. The maximum absolute atomic E-state index is 13.1. The quantitative estimate of drug-likeness (QED) is 0.381. The number of carbonyl (C=O) groups excluding carboxylic acids is 1. The molecule has 2 unspecified atom stereocenters. The van der Waals surface area contributed by atoms with Crippen LogP contribution in [-0.2, 0) is 12.8 Å². The highest BCUT2D eigenvalue weighted by Crippen LogP contribution is 2.37. The Balaban J connectivity index is 1.39. The van der Waals surface area contributed by atoms with Crippen molar-refractivity contribution in [3.05, 3.63) is 95.8 Å². The second kappa shape index (κ2) is 10.1. The molecular weight excluding hydrogens is 438 g/mol. The minimum atomic E-state index is -0.198. The number of hydrogen-bond acceptors (Lipinski definition) is 4. The zero-order chi connectivity index (χ0) is 24.2. The fraction of sp³-hybridized carbons (Fsp3) is 0.241. The Labute approximate surface area is 205 Å². The van der Waals surface area contributed by atoms with E-state index in [2.05, 4.69) is 39.9 Å². The van der Waals surface area contributed by atoms with Crippen LogP contribution in [0.15, 0.2) is 79.1 Å². The molecule has 5 rings (SSSR count). The molecule has 0 bridgehead atoms. The van der Waals surface area contributed by atoms with Gasteiger partial charge in [0.15, 0.2) is 0 Å². The van der Waals surface area contributed by atoms with E-state index in [1.54, 1.807) is 26.6 Å². The highest BCUT2D eigenvalue weighted by Gasteiger charge is 2.31. The Hall–Kier alpha value is -4.06. The number of rotatable bonds is 6. The van der Waals surface area contributed by atoms with Gasteiger partial charge in [-0.05, 0) is 72.4 Å². The number of anilines is 1. The molecule has 0 radical (unpaired) electrons. The van der Waals surface area contributed by atoms with Crippen molar-refractivity contribution in [1.29, 1.82) is 0 Å². The number of hydrogen-bond donors (Lipinski definition) is 2. The van der Waals surface area contributed by atoms with Gasteiger partial charge in [0.05, 0.1) is 19.9 Å². The van der Waals surface area contributed by atoms with E-state index in [1.165, 1.54) is 16.7 Å². The Bertz CT molecular complexity index is 1330. The standard InChI is InChI=1S/C29H29N3O3/c1-34-22-9-6-19(7-10-22)16-26-24-12-11-23(35-2)17-20(24)8-13-28(26)32-29(33)31-27-5-3-4-21-18-30-15-14-25(21)27/h3-7,9-12,14-15,17-18,26,28H,8,13,16H2,1-2H3,(H2,31,32,33). The second-order valence-electron chi connectivity index (χ2n) is 8.87. The number of pyridine rings is 1. The first kappa shape index (κ1) is 22.7. The van der Waals surface area contributed by atoms with E-state index in [0.29, 0.717) is 0 Å². The molecule has 1 aromatic heterocycles. The maximum atomic E-state index is 13.1. The molecule has 4 aromatic rings. The number of aromatic nitrogens is 1. The van der Waals surface area contributed by atoms with Crippen LogP contribution in [0.4, 0.5) is 10.5 Å². The molecule has 2 atom stereocenters. The Morgan fingerprint density at radius 1 is 1.00 bits per heavy atom. The number of carbonyl (C=O) groups is 1. The highest BCUT2D eigenvalue weighted by atomic mass is 16.5. The van der Waals surface area contributed by atoms with E-state index in [4.69, 9.17) is 9.47 Å². The van der Waals surface area contributed by atoms with Gasteiger partial charge in [-0.1, -0.05) is 30.3 Å². The number of urea groups is 1. The van der Waals surface area contributed by atoms with Crippen molar-refractivity contribution < 1.29 is 14.3 Å². The van der Waals surface area contributed by atoms with Crippen LogP contribution in [0, 0.1) is 0 Å². The van der Waals surface area contributed by atoms with Crippen LogP contribution in [0.3, 0.4) is 0 Å². The average molecular weight is 468 g/mol. The van der Waals surface area contributed by atoms with Crippen molar-refractivity contribution in [3.8, 4) is 11.5 Å². The lowest BCUT2D eigenvalue weighted by molar-refractivity contribution is 0.244. The molecule has 6 heteroatoms. The summed E-state index contributed by atoms with van der Waals surface area (Å²) in [6.45, 7) is 0. The summed E-state index contributed by atoms with van der Waals surface area (Å²) in [7, 11) is 3.36. The van der Waals surface area contributed by atoms with Gasteiger partial charge in [-0.15, -0.1) is 0 Å². The summed E-state index contributed by atoms with van der Waals surface area (Å²) in [5, 5.41) is 8.29. The number of nitrogens with zero attached hydrogens (tertiary/aromatic N) is 1. The van der Waals surface area contributed by atoms with Crippen molar-refractivity contribution in [2.24, 2.45) is 0 Å². The van der Waals surface area contributed by atoms with Crippen LogP contribution in [-0.4, -0.2) is 31.3 Å². The average Bonchev–Trinajstić information content (AvgIpc) is 2.90. The summed E-state index contributed by atoms with van der Waals surface area (Å²) in [5.74, 6) is 1.84. The first-order chi connectivity index (χ1) is 17.1. The summed E-state index contributed by atoms with van der Waals surface area (Å²) in [6.07, 6.45) is 6.09. The van der Waals surface area contributed by atoms with Crippen LogP contribution in [0.25, 0.3) is 10.8 Å². The van der Waals surface area contributed by atoms with Crippen molar-refractivity contribution in [1.82, 2.24) is 10.3 Å². The van der Waals surface area contributed by atoms with Crippen LogP contribution in [0.2, 0.25) is 0 Å². The SMILES string of the molecule is COc1ccc(CC2c3ccc(OC)cc3CCC2NC(=O)Nc2cccc3cnccc23)cc1. The third kappa shape index (κ3) is 4.92. The first-order valence-corrected chi connectivity index (χ1v) is 11.8. The van der Waals surface area contributed by atoms with E-state index in [9.17, 15) is 4.79 Å². The zero-order valence-corrected chi connectivity index (χ0v) is 20.0. The smallest absolute Gasteiger partial charge is 0.319 e. The van der Waals surface area contributed by atoms with Gasteiger partial charge in [0.2, 0.25) is 0 Å². The molecule has 3 aromatic carbocycles. The van der Waals surface area contributed by atoms with Crippen molar-refractivity contribution in [2.45, 2.75) is 31.2 Å². The fourth-order valence-electron chi connectivity index (χ4n) is 5.02. The Morgan fingerprint density at radius 2 is 1.80 bits per heavy atom. The lowest BCUT2D eigenvalue weighted by Crippen LogP contribution is -2.44. The molecule has 1 heterocycles. The molecule has 178 valence electrons. The third-order valence-electron chi connectivity index (χ3n) is 6.82. The van der Waals surface area contributed by atoms with Gasteiger partial charge in [0.25, 0.3) is 0 Å². The van der Waals surface area contributed by atoms with Gasteiger partial charge >= 0.3 is 6.03 Å². The van der Waals surface area contributed by atoms with Gasteiger partial charge < -0.3 is 20.1 Å². The molecule has 0 spiro atoms. The van der Waals surface area contributed by atoms with Gasteiger partial charge in [-0.2, -0.15) is 0 Å². The Kier molecular flexibility index (Phi) is 6.53. The van der Waals surface area contributed by atoms with E-state index >= 15 is 0 Å². The van der Waals surface area contributed by atoms with Crippen molar-refractivity contribution in [3.63, 3.8) is 0 Å². The summed E-state index contributed by atoms with van der Waals surface area (Å²) in [5.41, 5.74) is 4.51. The highest BCUT2D eigenvalue weighted by molar-refractivity contribution is 6.01. The van der Waals surface area contributed by atoms with Gasteiger partial charge in [-0.3, -0.25) is 4.98 Å². The fourth-order valence-corrected chi connectivity index (χ4v) is 5.02. The normalized spacial score (nSPS) is 16.9. The number of amides is 2. The molecular formula is C29H29N3O3. The number of fused-ring (bicyclic) bond motifs is 2. The van der Waals surface area contributed by atoms with Crippen molar-refractivity contribution >= 4 is 22.5 Å². The predicted molar refractivity (Wildman–Crippen MR) is 138 cm³/mol. The van der Waals surface area contributed by atoms with Crippen molar-refractivity contribution in [2.75, 3.05) is 19.5 Å². The topological polar surface area (TPSA) is 72.5 Å². The third-order valence-corrected chi connectivity index (χ3v) is 6.82. The molecule has 0 saturated carbocycles. The molecule has 2 amide bonds. The molecule has 1 aliphatic rings. The second-order valence-corrected chi connectivity index (χ2v) is 8.87. The minimum Gasteiger partial charge on any atom is -0.497 e. The molecule has 0 aliphatic heterocycles. The summed E-state index contributed by atoms with van der Waals surface area (Å²) < 4.78 is 10.8. The number of methoxy groups -OCH3 is 2. The molecule has 35 heavy (non-hydrogen) atoms. The number of aryl methyl sites for hydroxylation is 1. The summed E-state index contributed by atoms with van der Waals surface area (Å²) in [6, 6.07) is 22.0. The van der Waals surface area contributed by atoms with Crippen LogP contribution in [0.1, 0.15) is 29.0 Å². The number of ether oxygens (including phenoxy) is 2. The summed E-state index contributed by atoms with van der Waals surface area (Å²) >= 11 is 0. The van der Waals surface area contributed by atoms with Gasteiger partial charge in [-0.25, -0.2) is 4.79 Å². The lowest BCUT2D eigenvalue weighted by atomic mass is 9.76. The van der Waals surface area contributed by atoms with Crippen LogP contribution < -0.4 is 20.1 Å². The van der Waals surface area contributed by atoms with E-state index in [1.807, 2.05) is 42.5 Å². The molecule has 0 saturated heterocycles. The predicted octanol–water partition coefficient (Wildman–Crippen LogP) is 5.71. The van der Waals surface area contributed by atoms with E-state index in [0.717, 1.165) is 47.2 Å². The first-order valence-electron chi connectivity index (χ1n) is 11.8. The molecule has 0 fully saturated rings.